The third-order valence-electron chi connectivity index (χ3n) is 4.35. The van der Waals surface area contributed by atoms with Crippen molar-refractivity contribution < 1.29 is 18.4 Å². The number of carbonyl (C=O) groups is 2. The molecule has 30 heavy (non-hydrogen) atoms. The van der Waals surface area contributed by atoms with Crippen molar-refractivity contribution in [1.82, 2.24) is 9.88 Å². The predicted molar refractivity (Wildman–Crippen MR) is 112 cm³/mol. The van der Waals surface area contributed by atoms with Crippen LogP contribution in [0.5, 0.6) is 0 Å². The lowest BCUT2D eigenvalue weighted by Crippen LogP contribution is -2.31. The molecule has 0 unspecified atom stereocenters. The van der Waals surface area contributed by atoms with E-state index in [1.165, 1.54) is 11.3 Å². The van der Waals surface area contributed by atoms with Gasteiger partial charge in [0.1, 0.15) is 11.5 Å². The average Bonchev–Trinajstić information content (AvgIpc) is 3.52. The fourth-order valence-electron chi connectivity index (χ4n) is 2.88. The molecule has 0 saturated heterocycles. The van der Waals surface area contributed by atoms with Gasteiger partial charge in [0.25, 0.3) is 5.91 Å². The molecular weight excluding hydrogens is 402 g/mol. The first-order valence-electron chi connectivity index (χ1n) is 9.31. The number of furan rings is 2. The van der Waals surface area contributed by atoms with Crippen LogP contribution >= 0.6 is 11.3 Å². The minimum absolute atomic E-state index is 0.110. The van der Waals surface area contributed by atoms with E-state index in [2.05, 4.69) is 10.3 Å². The summed E-state index contributed by atoms with van der Waals surface area (Å²) in [5.74, 6) is 1.02. The maximum atomic E-state index is 12.9. The first-order chi connectivity index (χ1) is 14.7. The van der Waals surface area contributed by atoms with Crippen LogP contribution in [0, 0.1) is 0 Å². The summed E-state index contributed by atoms with van der Waals surface area (Å²) in [4.78, 5) is 31.2. The number of nitrogens with one attached hydrogen (secondary N) is 1. The number of hydrogen-bond donors (Lipinski definition) is 1. The van der Waals surface area contributed by atoms with E-state index >= 15 is 0 Å². The lowest BCUT2D eigenvalue weighted by atomic mass is 10.2. The first kappa shape index (κ1) is 19.7. The summed E-state index contributed by atoms with van der Waals surface area (Å²) in [5.41, 5.74) is 1.14. The van der Waals surface area contributed by atoms with Crippen molar-refractivity contribution in [3.63, 3.8) is 0 Å². The minimum atomic E-state index is -0.236. The monoisotopic (exact) mass is 421 g/mol. The standard InChI is InChI=1S/C22H19N3O4S/c26-20(25(13-18-8-4-10-28-18)14-19-9-5-11-29-19)12-17-15-30-22(23-17)24-21(27)16-6-2-1-3-7-16/h1-11,15H,12-14H2,(H,23,24,27). The number of aromatic nitrogens is 1. The third kappa shape index (κ3) is 5.03. The number of rotatable bonds is 8. The van der Waals surface area contributed by atoms with Crippen LogP contribution in [0.25, 0.3) is 0 Å². The molecular formula is C22H19N3O4S. The Hall–Kier alpha value is -3.65. The topological polar surface area (TPSA) is 88.6 Å². The van der Waals surface area contributed by atoms with Gasteiger partial charge in [-0.1, -0.05) is 18.2 Å². The van der Waals surface area contributed by atoms with Crippen LogP contribution in [0.4, 0.5) is 5.13 Å². The molecule has 0 radical (unpaired) electrons. The van der Waals surface area contributed by atoms with Crippen molar-refractivity contribution in [3.8, 4) is 0 Å². The first-order valence-corrected chi connectivity index (χ1v) is 10.2. The van der Waals surface area contributed by atoms with Gasteiger partial charge in [0, 0.05) is 10.9 Å². The van der Waals surface area contributed by atoms with Crippen molar-refractivity contribution in [2.75, 3.05) is 5.32 Å². The van der Waals surface area contributed by atoms with Crippen molar-refractivity contribution in [3.05, 3.63) is 95.3 Å². The van der Waals surface area contributed by atoms with Gasteiger partial charge in [-0.3, -0.25) is 14.9 Å². The molecule has 3 heterocycles. The van der Waals surface area contributed by atoms with Crippen LogP contribution in [0.15, 0.2) is 81.3 Å². The van der Waals surface area contributed by atoms with Crippen LogP contribution in [0.3, 0.4) is 0 Å². The summed E-state index contributed by atoms with van der Waals surface area (Å²) >= 11 is 1.29. The number of anilines is 1. The van der Waals surface area contributed by atoms with Gasteiger partial charge in [0.05, 0.1) is 37.7 Å². The number of hydrogen-bond acceptors (Lipinski definition) is 6. The quantitative estimate of drug-likeness (QED) is 0.457. The Kier molecular flexibility index (Phi) is 6.05. The molecule has 1 aromatic carbocycles. The zero-order chi connectivity index (χ0) is 20.8. The highest BCUT2D eigenvalue weighted by Gasteiger charge is 2.19. The molecule has 0 spiro atoms. The van der Waals surface area contributed by atoms with Crippen LogP contribution in [-0.2, 0) is 24.3 Å². The molecule has 0 atom stereocenters. The second kappa shape index (κ2) is 9.23. The van der Waals surface area contributed by atoms with E-state index in [9.17, 15) is 9.59 Å². The Morgan fingerprint density at radius 2 is 1.60 bits per heavy atom. The molecule has 152 valence electrons. The largest absolute Gasteiger partial charge is 0.467 e. The van der Waals surface area contributed by atoms with Gasteiger partial charge in [-0.2, -0.15) is 0 Å². The van der Waals surface area contributed by atoms with E-state index in [0.717, 1.165) is 0 Å². The molecule has 8 heteroatoms. The maximum absolute atomic E-state index is 12.9. The summed E-state index contributed by atoms with van der Waals surface area (Å²) < 4.78 is 10.8. The van der Waals surface area contributed by atoms with Gasteiger partial charge in [-0.05, 0) is 36.4 Å². The smallest absolute Gasteiger partial charge is 0.257 e. The molecule has 4 aromatic rings. The Morgan fingerprint density at radius 1 is 0.933 bits per heavy atom. The molecule has 0 fully saturated rings. The van der Waals surface area contributed by atoms with Gasteiger partial charge in [-0.25, -0.2) is 4.98 Å². The van der Waals surface area contributed by atoms with E-state index < -0.39 is 0 Å². The second-order valence-electron chi connectivity index (χ2n) is 6.55. The summed E-state index contributed by atoms with van der Waals surface area (Å²) in [5, 5.41) is 5.00. The number of nitrogens with zero attached hydrogens (tertiary/aromatic N) is 2. The Bertz CT molecular complexity index is 1050. The number of benzene rings is 1. The molecule has 0 saturated carbocycles. The number of thiazole rings is 1. The fraction of sp³-hybridized carbons (Fsp3) is 0.136. The van der Waals surface area contributed by atoms with Crippen molar-refractivity contribution >= 4 is 28.3 Å². The highest BCUT2D eigenvalue weighted by atomic mass is 32.1. The molecule has 0 aliphatic heterocycles. The summed E-state index contributed by atoms with van der Waals surface area (Å²) in [6.45, 7) is 0.655. The van der Waals surface area contributed by atoms with Crippen molar-refractivity contribution in [1.29, 1.82) is 0 Å². The van der Waals surface area contributed by atoms with Gasteiger partial charge in [0.15, 0.2) is 5.13 Å². The van der Waals surface area contributed by atoms with E-state index in [1.54, 1.807) is 59.2 Å². The van der Waals surface area contributed by atoms with Gasteiger partial charge in [-0.15, -0.1) is 11.3 Å². The second-order valence-corrected chi connectivity index (χ2v) is 7.41. The molecule has 0 bridgehead atoms. The van der Waals surface area contributed by atoms with E-state index in [-0.39, 0.29) is 18.2 Å². The fourth-order valence-corrected chi connectivity index (χ4v) is 3.59. The lowest BCUT2D eigenvalue weighted by Gasteiger charge is -2.20. The zero-order valence-electron chi connectivity index (χ0n) is 16.0. The molecule has 2 amide bonds. The Balaban J connectivity index is 1.41. The van der Waals surface area contributed by atoms with Crippen LogP contribution in [-0.4, -0.2) is 21.7 Å². The Morgan fingerprint density at radius 3 is 2.20 bits per heavy atom. The van der Waals surface area contributed by atoms with Crippen LogP contribution in [0.2, 0.25) is 0 Å². The van der Waals surface area contributed by atoms with Gasteiger partial charge < -0.3 is 13.7 Å². The van der Waals surface area contributed by atoms with Gasteiger partial charge >= 0.3 is 0 Å². The minimum Gasteiger partial charge on any atom is -0.467 e. The summed E-state index contributed by atoms with van der Waals surface area (Å²) in [6.07, 6.45) is 3.26. The lowest BCUT2D eigenvalue weighted by molar-refractivity contribution is -0.132. The van der Waals surface area contributed by atoms with Gasteiger partial charge in [0.2, 0.25) is 5.91 Å². The van der Waals surface area contributed by atoms with E-state index in [0.29, 0.717) is 41.0 Å². The molecule has 7 nitrogen and oxygen atoms in total. The Labute approximate surface area is 177 Å². The van der Waals surface area contributed by atoms with Crippen LogP contribution < -0.4 is 5.32 Å². The summed E-state index contributed by atoms with van der Waals surface area (Å²) in [7, 11) is 0. The zero-order valence-corrected chi connectivity index (χ0v) is 16.8. The van der Waals surface area contributed by atoms with E-state index in [1.807, 2.05) is 18.2 Å². The average molecular weight is 421 g/mol. The van der Waals surface area contributed by atoms with E-state index in [4.69, 9.17) is 8.83 Å². The SMILES string of the molecule is O=C(Nc1nc(CC(=O)N(Cc2ccco2)Cc2ccco2)cs1)c1ccccc1. The third-order valence-corrected chi connectivity index (χ3v) is 5.15. The predicted octanol–water partition coefficient (Wildman–Crippen LogP) is 4.35. The van der Waals surface area contributed by atoms with Crippen molar-refractivity contribution in [2.45, 2.75) is 19.5 Å². The normalized spacial score (nSPS) is 10.7. The highest BCUT2D eigenvalue weighted by Crippen LogP contribution is 2.19. The molecule has 0 aliphatic carbocycles. The molecule has 4 rings (SSSR count). The maximum Gasteiger partial charge on any atom is 0.257 e. The molecule has 3 aromatic heterocycles. The van der Waals surface area contributed by atoms with Crippen LogP contribution in [0.1, 0.15) is 27.6 Å². The molecule has 1 N–H and O–H groups in total. The summed E-state index contributed by atoms with van der Waals surface area (Å²) in [6, 6.07) is 16.1. The highest BCUT2D eigenvalue weighted by molar-refractivity contribution is 7.14. The number of carbonyl (C=O) groups excluding carboxylic acids is 2. The van der Waals surface area contributed by atoms with Crippen molar-refractivity contribution in [2.24, 2.45) is 0 Å². The molecule has 0 aliphatic rings. The number of amides is 2.